The van der Waals surface area contributed by atoms with E-state index in [-0.39, 0.29) is 22.5 Å². The number of nitrogens with one attached hydrogen (secondary N) is 2. The molecule has 2 aromatic rings. The molecule has 0 aliphatic rings. The van der Waals surface area contributed by atoms with Crippen molar-refractivity contribution in [2.24, 2.45) is 4.99 Å². The SMILES string of the molecule is CCNC(=NCC(O)CS(=O)(=O)c1cccs1)NC(C)Cc1ccc(C)s1. The summed E-state index contributed by atoms with van der Waals surface area (Å²) in [5.74, 6) is 0.242. The van der Waals surface area contributed by atoms with E-state index in [1.165, 1.54) is 9.75 Å². The van der Waals surface area contributed by atoms with Crippen molar-refractivity contribution in [2.45, 2.75) is 43.5 Å². The molecule has 0 aliphatic carbocycles. The van der Waals surface area contributed by atoms with Crippen LogP contribution >= 0.6 is 22.7 Å². The second kappa shape index (κ2) is 10.2. The molecule has 0 radical (unpaired) electrons. The smallest absolute Gasteiger partial charge is 0.191 e. The van der Waals surface area contributed by atoms with Crippen LogP contribution in [-0.4, -0.2) is 50.5 Å². The van der Waals surface area contributed by atoms with Crippen LogP contribution in [0.25, 0.3) is 0 Å². The topological polar surface area (TPSA) is 90.8 Å². The molecule has 150 valence electrons. The molecule has 27 heavy (non-hydrogen) atoms. The van der Waals surface area contributed by atoms with Gasteiger partial charge in [0, 0.05) is 28.8 Å². The third-order valence-corrected chi connectivity index (χ3v) is 8.01. The Labute approximate surface area is 169 Å². The highest BCUT2D eigenvalue weighted by Crippen LogP contribution is 2.18. The van der Waals surface area contributed by atoms with E-state index in [4.69, 9.17) is 0 Å². The monoisotopic (exact) mass is 429 g/mol. The number of thiophene rings is 2. The molecule has 3 N–H and O–H groups in total. The Balaban J connectivity index is 1.91. The highest BCUT2D eigenvalue weighted by Gasteiger charge is 2.20. The summed E-state index contributed by atoms with van der Waals surface area (Å²) in [4.78, 5) is 6.93. The number of aliphatic hydroxyl groups is 1. The van der Waals surface area contributed by atoms with Crippen LogP contribution in [0, 0.1) is 6.92 Å². The summed E-state index contributed by atoms with van der Waals surface area (Å²) >= 11 is 2.93. The number of hydrogen-bond donors (Lipinski definition) is 3. The lowest BCUT2D eigenvalue weighted by molar-refractivity contribution is 0.206. The summed E-state index contributed by atoms with van der Waals surface area (Å²) in [5, 5.41) is 18.3. The fourth-order valence-corrected chi connectivity index (χ4v) is 6.01. The molecule has 0 saturated heterocycles. The van der Waals surface area contributed by atoms with E-state index in [9.17, 15) is 13.5 Å². The molecule has 0 saturated carbocycles. The molecular weight excluding hydrogens is 402 g/mol. The predicted molar refractivity (Wildman–Crippen MR) is 114 cm³/mol. The minimum atomic E-state index is -3.48. The minimum Gasteiger partial charge on any atom is -0.390 e. The van der Waals surface area contributed by atoms with Crippen molar-refractivity contribution in [3.05, 3.63) is 39.4 Å². The van der Waals surface area contributed by atoms with Crippen LogP contribution in [0.15, 0.2) is 38.8 Å². The van der Waals surface area contributed by atoms with Gasteiger partial charge in [0.1, 0.15) is 4.21 Å². The molecule has 2 rings (SSSR count). The zero-order valence-electron chi connectivity index (χ0n) is 15.8. The third kappa shape index (κ3) is 7.25. The number of sulfone groups is 1. The van der Waals surface area contributed by atoms with Gasteiger partial charge in [-0.15, -0.1) is 22.7 Å². The number of rotatable bonds is 9. The predicted octanol–water partition coefficient (Wildman–Crippen LogP) is 2.44. The summed E-state index contributed by atoms with van der Waals surface area (Å²) < 4.78 is 24.7. The average Bonchev–Trinajstić information content (AvgIpc) is 3.24. The maximum absolute atomic E-state index is 12.2. The quantitative estimate of drug-likeness (QED) is 0.421. The lowest BCUT2D eigenvalue weighted by Gasteiger charge is -2.18. The maximum Gasteiger partial charge on any atom is 0.191 e. The molecule has 6 nitrogen and oxygen atoms in total. The van der Waals surface area contributed by atoms with Crippen LogP contribution in [0.3, 0.4) is 0 Å². The van der Waals surface area contributed by atoms with Crippen LogP contribution in [0.1, 0.15) is 23.6 Å². The maximum atomic E-state index is 12.2. The van der Waals surface area contributed by atoms with E-state index >= 15 is 0 Å². The molecular formula is C18H27N3O3S3. The number of aliphatic imine (C=N–C) groups is 1. The van der Waals surface area contributed by atoms with E-state index < -0.39 is 15.9 Å². The summed E-state index contributed by atoms with van der Waals surface area (Å²) in [5.41, 5.74) is 0. The molecule has 2 unspecified atom stereocenters. The van der Waals surface area contributed by atoms with Crippen molar-refractivity contribution in [3.63, 3.8) is 0 Å². The first kappa shape index (κ1) is 21.9. The molecule has 2 heterocycles. The Kier molecular flexibility index (Phi) is 8.28. The van der Waals surface area contributed by atoms with Crippen LogP contribution in [-0.2, 0) is 16.3 Å². The van der Waals surface area contributed by atoms with E-state index in [1.807, 2.05) is 6.92 Å². The lowest BCUT2D eigenvalue weighted by Crippen LogP contribution is -2.43. The van der Waals surface area contributed by atoms with Crippen molar-refractivity contribution in [1.29, 1.82) is 0 Å². The lowest BCUT2D eigenvalue weighted by atomic mass is 10.2. The summed E-state index contributed by atoms with van der Waals surface area (Å²) in [6.07, 6.45) is -0.180. The van der Waals surface area contributed by atoms with Gasteiger partial charge in [-0.25, -0.2) is 8.42 Å². The molecule has 0 aliphatic heterocycles. The molecule has 0 fully saturated rings. The molecule has 9 heteroatoms. The number of guanidine groups is 1. The number of aliphatic hydroxyl groups excluding tert-OH is 1. The van der Waals surface area contributed by atoms with Crippen molar-refractivity contribution in [1.82, 2.24) is 10.6 Å². The largest absolute Gasteiger partial charge is 0.390 e. The Morgan fingerprint density at radius 2 is 2.11 bits per heavy atom. The van der Waals surface area contributed by atoms with E-state index in [1.54, 1.807) is 28.8 Å². The van der Waals surface area contributed by atoms with Gasteiger partial charge in [0.25, 0.3) is 0 Å². The van der Waals surface area contributed by atoms with Crippen LogP contribution in [0.5, 0.6) is 0 Å². The van der Waals surface area contributed by atoms with Crippen LogP contribution < -0.4 is 10.6 Å². The van der Waals surface area contributed by atoms with Gasteiger partial charge in [-0.2, -0.15) is 0 Å². The second-order valence-corrected chi connectivity index (χ2v) is 10.9. The Morgan fingerprint density at radius 3 is 2.70 bits per heavy atom. The Morgan fingerprint density at radius 1 is 1.33 bits per heavy atom. The number of hydrogen-bond acceptors (Lipinski definition) is 6. The first-order valence-electron chi connectivity index (χ1n) is 8.84. The fraction of sp³-hybridized carbons (Fsp3) is 0.500. The normalized spacial score (nSPS) is 14.7. The fourth-order valence-electron chi connectivity index (χ4n) is 2.53. The molecule has 0 amide bonds. The van der Waals surface area contributed by atoms with Crippen molar-refractivity contribution < 1.29 is 13.5 Å². The van der Waals surface area contributed by atoms with Gasteiger partial charge < -0.3 is 15.7 Å². The van der Waals surface area contributed by atoms with E-state index in [0.717, 1.165) is 17.8 Å². The minimum absolute atomic E-state index is 0.0186. The van der Waals surface area contributed by atoms with Gasteiger partial charge in [0.05, 0.1) is 18.4 Å². The summed E-state index contributed by atoms with van der Waals surface area (Å²) in [6.45, 7) is 6.82. The van der Waals surface area contributed by atoms with Crippen LogP contribution in [0.2, 0.25) is 0 Å². The molecule has 2 atom stereocenters. The van der Waals surface area contributed by atoms with Gasteiger partial charge in [-0.3, -0.25) is 4.99 Å². The second-order valence-electron chi connectivity index (χ2n) is 6.35. The van der Waals surface area contributed by atoms with Gasteiger partial charge in [0.15, 0.2) is 15.8 Å². The zero-order valence-corrected chi connectivity index (χ0v) is 18.3. The highest BCUT2D eigenvalue weighted by molar-refractivity contribution is 7.93. The van der Waals surface area contributed by atoms with Gasteiger partial charge in [-0.05, 0) is 44.4 Å². The molecule has 0 spiro atoms. The number of aryl methyl sites for hydroxylation is 1. The first-order chi connectivity index (χ1) is 12.8. The third-order valence-electron chi connectivity index (χ3n) is 3.70. The zero-order chi connectivity index (χ0) is 19.9. The summed E-state index contributed by atoms with van der Waals surface area (Å²) in [6, 6.07) is 7.63. The average molecular weight is 430 g/mol. The molecule has 0 aromatic carbocycles. The van der Waals surface area contributed by atoms with Gasteiger partial charge >= 0.3 is 0 Å². The Bertz CT molecular complexity index is 829. The van der Waals surface area contributed by atoms with E-state index in [2.05, 4.69) is 41.6 Å². The first-order valence-corrected chi connectivity index (χ1v) is 12.2. The number of nitrogens with zero attached hydrogens (tertiary/aromatic N) is 1. The highest BCUT2D eigenvalue weighted by atomic mass is 32.2. The standard InChI is InChI=1S/C18H27N3O3S3/c1-4-19-18(21-13(2)10-16-8-7-14(3)26-16)20-11-15(22)12-27(23,24)17-6-5-9-25-17/h5-9,13,15,22H,4,10-12H2,1-3H3,(H2,19,20,21). The Hall–Kier alpha value is -1.42. The van der Waals surface area contributed by atoms with Gasteiger partial charge in [0.2, 0.25) is 0 Å². The van der Waals surface area contributed by atoms with Crippen molar-refractivity contribution in [2.75, 3.05) is 18.8 Å². The molecule has 0 bridgehead atoms. The molecule has 2 aromatic heterocycles. The summed E-state index contributed by atoms with van der Waals surface area (Å²) in [7, 11) is -3.48. The van der Waals surface area contributed by atoms with Crippen LogP contribution in [0.4, 0.5) is 0 Å². The van der Waals surface area contributed by atoms with Crippen molar-refractivity contribution in [3.8, 4) is 0 Å². The van der Waals surface area contributed by atoms with E-state index in [0.29, 0.717) is 12.5 Å². The van der Waals surface area contributed by atoms with Gasteiger partial charge in [-0.1, -0.05) is 6.07 Å². The van der Waals surface area contributed by atoms with Crippen molar-refractivity contribution >= 4 is 38.5 Å².